The van der Waals surface area contributed by atoms with Crippen molar-refractivity contribution in [2.24, 2.45) is 0 Å². The van der Waals surface area contributed by atoms with Crippen molar-refractivity contribution < 1.29 is 4.79 Å². The number of aromatic nitrogens is 2. The summed E-state index contributed by atoms with van der Waals surface area (Å²) in [6, 6.07) is 9.00. The van der Waals surface area contributed by atoms with Gasteiger partial charge in [-0.15, -0.1) is 11.3 Å². The summed E-state index contributed by atoms with van der Waals surface area (Å²) < 4.78 is 3.01. The summed E-state index contributed by atoms with van der Waals surface area (Å²) in [4.78, 5) is 38.7. The molecule has 0 saturated heterocycles. The van der Waals surface area contributed by atoms with Crippen LogP contribution in [-0.4, -0.2) is 21.1 Å². The molecular formula is C21H22ClN3O3S. The summed E-state index contributed by atoms with van der Waals surface area (Å²) in [5.41, 5.74) is 0.324. The number of halogens is 1. The van der Waals surface area contributed by atoms with Crippen molar-refractivity contribution >= 4 is 39.1 Å². The van der Waals surface area contributed by atoms with E-state index in [1.54, 1.807) is 29.6 Å². The summed E-state index contributed by atoms with van der Waals surface area (Å²) in [5.74, 6) is -0.200. The van der Waals surface area contributed by atoms with Gasteiger partial charge in [-0.3, -0.25) is 18.7 Å². The van der Waals surface area contributed by atoms with Crippen LogP contribution in [0, 0.1) is 0 Å². The second kappa shape index (κ2) is 8.55. The molecule has 4 rings (SSSR count). The number of carbonyl (C=O) groups excluding carboxylic acids is 1. The van der Waals surface area contributed by atoms with Gasteiger partial charge in [-0.1, -0.05) is 49.1 Å². The Bertz CT molecular complexity index is 1160. The molecule has 1 saturated carbocycles. The lowest BCUT2D eigenvalue weighted by atomic mass is 9.95. The van der Waals surface area contributed by atoms with E-state index < -0.39 is 5.69 Å². The van der Waals surface area contributed by atoms with Crippen molar-refractivity contribution in [1.82, 2.24) is 14.5 Å². The van der Waals surface area contributed by atoms with E-state index in [9.17, 15) is 14.4 Å². The van der Waals surface area contributed by atoms with Gasteiger partial charge in [0.15, 0.2) is 0 Å². The maximum Gasteiger partial charge on any atom is 0.332 e. The molecule has 0 atom stereocenters. The first kappa shape index (κ1) is 19.9. The topological polar surface area (TPSA) is 73.1 Å². The van der Waals surface area contributed by atoms with Crippen molar-refractivity contribution in [1.29, 1.82) is 0 Å². The lowest BCUT2D eigenvalue weighted by Crippen LogP contribution is -2.44. The molecular weight excluding hydrogens is 410 g/mol. The predicted octanol–water partition coefficient (Wildman–Crippen LogP) is 3.38. The van der Waals surface area contributed by atoms with E-state index in [1.165, 1.54) is 22.3 Å². The second-order valence-electron chi connectivity index (χ2n) is 7.39. The molecule has 152 valence electrons. The van der Waals surface area contributed by atoms with Crippen molar-refractivity contribution in [2.75, 3.05) is 0 Å². The van der Waals surface area contributed by atoms with Crippen LogP contribution in [0.25, 0.3) is 10.2 Å². The summed E-state index contributed by atoms with van der Waals surface area (Å²) in [5, 5.41) is 5.30. The van der Waals surface area contributed by atoms with Gasteiger partial charge in [0.2, 0.25) is 5.91 Å². The molecule has 0 radical (unpaired) electrons. The lowest BCUT2D eigenvalue weighted by molar-refractivity contribution is -0.122. The molecule has 1 amide bonds. The first-order chi connectivity index (χ1) is 14.0. The summed E-state index contributed by atoms with van der Waals surface area (Å²) in [6.45, 7) is -0.0409. The number of benzene rings is 1. The Morgan fingerprint density at radius 1 is 1.10 bits per heavy atom. The average Bonchev–Trinajstić information content (AvgIpc) is 3.20. The Morgan fingerprint density at radius 2 is 1.86 bits per heavy atom. The number of thiophene rings is 1. The normalized spacial score (nSPS) is 14.9. The predicted molar refractivity (Wildman–Crippen MR) is 116 cm³/mol. The molecule has 8 heteroatoms. The monoisotopic (exact) mass is 431 g/mol. The first-order valence-electron chi connectivity index (χ1n) is 9.78. The molecule has 0 unspecified atom stereocenters. The fourth-order valence-electron chi connectivity index (χ4n) is 3.89. The molecule has 0 spiro atoms. The van der Waals surface area contributed by atoms with Gasteiger partial charge in [0.05, 0.1) is 12.1 Å². The number of hydrogen-bond donors (Lipinski definition) is 1. The Hall–Kier alpha value is -2.38. The maximum atomic E-state index is 13.2. The van der Waals surface area contributed by atoms with Gasteiger partial charge in [0.1, 0.15) is 11.2 Å². The van der Waals surface area contributed by atoms with Crippen LogP contribution in [0.3, 0.4) is 0 Å². The third-order valence-electron chi connectivity index (χ3n) is 5.39. The number of amides is 1. The molecule has 1 N–H and O–H groups in total. The van der Waals surface area contributed by atoms with E-state index in [-0.39, 0.29) is 30.6 Å². The van der Waals surface area contributed by atoms with Crippen molar-refractivity contribution in [3.8, 4) is 0 Å². The number of hydrogen-bond acceptors (Lipinski definition) is 4. The van der Waals surface area contributed by atoms with Crippen molar-refractivity contribution in [2.45, 2.75) is 51.2 Å². The molecule has 1 aromatic carbocycles. The first-order valence-corrected chi connectivity index (χ1v) is 11.0. The molecule has 3 aromatic rings. The zero-order chi connectivity index (χ0) is 20.4. The SMILES string of the molecule is O=C(Cn1c(=O)n(Cc2ccccc2Cl)c(=O)c2sccc21)NC1CCCCC1. The van der Waals surface area contributed by atoms with Crippen LogP contribution in [0.5, 0.6) is 0 Å². The third-order valence-corrected chi connectivity index (χ3v) is 6.66. The van der Waals surface area contributed by atoms with Crippen molar-refractivity contribution in [3.63, 3.8) is 0 Å². The highest BCUT2D eigenvalue weighted by molar-refractivity contribution is 7.17. The molecule has 0 bridgehead atoms. The van der Waals surface area contributed by atoms with Crippen LogP contribution in [-0.2, 0) is 17.9 Å². The van der Waals surface area contributed by atoms with Gasteiger partial charge in [0, 0.05) is 11.1 Å². The molecule has 2 aromatic heterocycles. The third kappa shape index (κ3) is 4.16. The minimum Gasteiger partial charge on any atom is -0.352 e. The summed E-state index contributed by atoms with van der Waals surface area (Å²) in [6.07, 6.45) is 5.38. The second-order valence-corrected chi connectivity index (χ2v) is 8.71. The summed E-state index contributed by atoms with van der Waals surface area (Å²) in [7, 11) is 0. The molecule has 2 heterocycles. The number of fused-ring (bicyclic) bond motifs is 1. The van der Waals surface area contributed by atoms with Crippen LogP contribution < -0.4 is 16.6 Å². The van der Waals surface area contributed by atoms with Crippen LogP contribution >= 0.6 is 22.9 Å². The van der Waals surface area contributed by atoms with E-state index in [1.807, 2.05) is 6.07 Å². The van der Waals surface area contributed by atoms with Crippen LogP contribution in [0.4, 0.5) is 0 Å². The smallest absolute Gasteiger partial charge is 0.332 e. The Morgan fingerprint density at radius 3 is 2.62 bits per heavy atom. The van der Waals surface area contributed by atoms with E-state index in [2.05, 4.69) is 5.32 Å². The minimum atomic E-state index is -0.500. The average molecular weight is 432 g/mol. The van der Waals surface area contributed by atoms with Crippen LogP contribution in [0.1, 0.15) is 37.7 Å². The Kier molecular flexibility index (Phi) is 5.87. The largest absolute Gasteiger partial charge is 0.352 e. The van der Waals surface area contributed by atoms with Gasteiger partial charge in [-0.05, 0) is 35.9 Å². The molecule has 29 heavy (non-hydrogen) atoms. The molecule has 6 nitrogen and oxygen atoms in total. The van der Waals surface area contributed by atoms with Crippen LogP contribution in [0.2, 0.25) is 5.02 Å². The quantitative estimate of drug-likeness (QED) is 0.673. The fraction of sp³-hybridized carbons (Fsp3) is 0.381. The zero-order valence-electron chi connectivity index (χ0n) is 15.9. The highest BCUT2D eigenvalue weighted by Gasteiger charge is 2.20. The standard InChI is InChI=1S/C21H22ClN3O3S/c22-16-9-5-4-6-14(16)12-25-20(27)19-17(10-11-29-19)24(21(25)28)13-18(26)23-15-7-2-1-3-8-15/h4-6,9-11,15H,1-3,7-8,12-13H2,(H,23,26). The van der Waals surface area contributed by atoms with Gasteiger partial charge in [-0.25, -0.2) is 4.79 Å². The molecule has 1 aliphatic carbocycles. The number of nitrogens with one attached hydrogen (secondary N) is 1. The highest BCUT2D eigenvalue weighted by atomic mass is 35.5. The van der Waals surface area contributed by atoms with Gasteiger partial charge >= 0.3 is 5.69 Å². The fourth-order valence-corrected chi connectivity index (χ4v) is 4.92. The number of rotatable bonds is 5. The zero-order valence-corrected chi connectivity index (χ0v) is 17.5. The number of nitrogens with zero attached hydrogens (tertiary/aromatic N) is 2. The minimum absolute atomic E-state index is 0.0649. The Balaban J connectivity index is 1.69. The summed E-state index contributed by atoms with van der Waals surface area (Å²) >= 11 is 7.49. The van der Waals surface area contributed by atoms with Crippen molar-refractivity contribution in [3.05, 3.63) is 67.1 Å². The maximum absolute atomic E-state index is 13.2. The van der Waals surface area contributed by atoms with E-state index >= 15 is 0 Å². The highest BCUT2D eigenvalue weighted by Crippen LogP contribution is 2.19. The van der Waals surface area contributed by atoms with E-state index in [0.717, 1.165) is 30.3 Å². The lowest BCUT2D eigenvalue weighted by Gasteiger charge is -2.23. The molecule has 1 aliphatic rings. The molecule has 0 aliphatic heterocycles. The number of carbonyl (C=O) groups is 1. The van der Waals surface area contributed by atoms with Crippen LogP contribution in [0.15, 0.2) is 45.3 Å². The molecule has 1 fully saturated rings. The Labute approximate surface area is 176 Å². The van der Waals surface area contributed by atoms with Gasteiger partial charge in [0.25, 0.3) is 5.56 Å². The van der Waals surface area contributed by atoms with Gasteiger partial charge in [-0.2, -0.15) is 0 Å². The van der Waals surface area contributed by atoms with E-state index in [0.29, 0.717) is 20.8 Å². The van der Waals surface area contributed by atoms with Gasteiger partial charge < -0.3 is 5.32 Å². The van der Waals surface area contributed by atoms with E-state index in [4.69, 9.17) is 11.6 Å².